The summed E-state index contributed by atoms with van der Waals surface area (Å²) in [6.45, 7) is 3.87. The predicted octanol–water partition coefficient (Wildman–Crippen LogP) is 2.41. The van der Waals surface area contributed by atoms with Gasteiger partial charge in [-0.2, -0.15) is 0 Å². The van der Waals surface area contributed by atoms with E-state index in [1.807, 2.05) is 13.8 Å². The van der Waals surface area contributed by atoms with E-state index in [4.69, 9.17) is 4.74 Å². The Kier molecular flexibility index (Phi) is 4.90. The van der Waals surface area contributed by atoms with Crippen LogP contribution in [0.4, 0.5) is 10.1 Å². The number of benzene rings is 1. The van der Waals surface area contributed by atoms with Crippen LogP contribution in [0, 0.1) is 5.82 Å². The second kappa shape index (κ2) is 5.98. The Labute approximate surface area is 102 Å². The van der Waals surface area contributed by atoms with Crippen molar-refractivity contribution in [2.24, 2.45) is 0 Å². The van der Waals surface area contributed by atoms with Crippen LogP contribution < -0.4 is 5.32 Å². The number of hydrogen-bond donors (Lipinski definition) is 2. The highest BCUT2D eigenvalue weighted by Crippen LogP contribution is 2.19. The number of aliphatic hydroxyl groups excluding tert-OH is 1. The molecule has 1 aromatic rings. The van der Waals surface area contributed by atoms with Crippen molar-refractivity contribution in [3.8, 4) is 0 Å². The molecule has 0 aromatic heterocycles. The molecular weight excluding hydrogens is 221 g/mol. The number of aliphatic hydroxyl groups is 1. The molecule has 17 heavy (non-hydrogen) atoms. The summed E-state index contributed by atoms with van der Waals surface area (Å²) in [6.07, 6.45) is 0.635. The van der Waals surface area contributed by atoms with E-state index in [1.165, 1.54) is 12.1 Å². The van der Waals surface area contributed by atoms with Crippen LogP contribution in [0.5, 0.6) is 0 Å². The van der Waals surface area contributed by atoms with Gasteiger partial charge >= 0.3 is 0 Å². The first kappa shape index (κ1) is 13.9. The highest BCUT2D eigenvalue weighted by molar-refractivity contribution is 5.44. The maximum atomic E-state index is 13.0. The number of halogens is 1. The monoisotopic (exact) mass is 241 g/mol. The molecule has 0 aliphatic carbocycles. The van der Waals surface area contributed by atoms with Crippen molar-refractivity contribution in [3.05, 3.63) is 30.1 Å². The Balaban J connectivity index is 2.64. The minimum atomic E-state index is -0.326. The van der Waals surface area contributed by atoms with Crippen molar-refractivity contribution in [2.75, 3.05) is 19.0 Å². The molecule has 1 rings (SSSR count). The molecule has 0 saturated heterocycles. The van der Waals surface area contributed by atoms with Crippen LogP contribution in [-0.4, -0.2) is 30.5 Å². The van der Waals surface area contributed by atoms with Gasteiger partial charge in [0.1, 0.15) is 5.82 Å². The van der Waals surface area contributed by atoms with Crippen LogP contribution in [0.15, 0.2) is 24.3 Å². The lowest BCUT2D eigenvalue weighted by Crippen LogP contribution is -2.35. The number of methoxy groups -OCH3 is 1. The zero-order valence-corrected chi connectivity index (χ0v) is 10.5. The molecule has 0 spiro atoms. The molecule has 0 saturated carbocycles. The topological polar surface area (TPSA) is 41.5 Å². The Hall–Kier alpha value is -1.13. The number of anilines is 1. The first-order valence-electron chi connectivity index (χ1n) is 5.65. The van der Waals surface area contributed by atoms with Gasteiger partial charge in [-0.3, -0.25) is 0 Å². The van der Waals surface area contributed by atoms with Gasteiger partial charge in [0.25, 0.3) is 0 Å². The van der Waals surface area contributed by atoms with E-state index in [1.54, 1.807) is 19.2 Å². The lowest BCUT2D eigenvalue weighted by atomic mass is 9.99. The van der Waals surface area contributed by atoms with Crippen molar-refractivity contribution in [1.82, 2.24) is 0 Å². The summed E-state index contributed by atoms with van der Waals surface area (Å²) in [7, 11) is 1.64. The van der Waals surface area contributed by atoms with Gasteiger partial charge in [-0.05, 0) is 38.5 Å². The van der Waals surface area contributed by atoms with E-state index in [9.17, 15) is 9.50 Å². The maximum absolute atomic E-state index is 13.0. The third kappa shape index (κ3) is 4.71. The summed E-state index contributed by atoms with van der Waals surface area (Å²) in [6, 6.07) is 6.03. The first-order valence-corrected chi connectivity index (χ1v) is 5.65. The summed E-state index contributed by atoms with van der Waals surface area (Å²) in [5.41, 5.74) is 0.337. The average molecular weight is 241 g/mol. The molecule has 3 nitrogen and oxygen atoms in total. The lowest BCUT2D eigenvalue weighted by Gasteiger charge is -2.28. The zero-order chi connectivity index (χ0) is 12.9. The molecule has 1 aromatic carbocycles. The quantitative estimate of drug-likeness (QED) is 0.803. The zero-order valence-electron chi connectivity index (χ0n) is 10.5. The molecule has 96 valence electrons. The lowest BCUT2D eigenvalue weighted by molar-refractivity contribution is 0.00748. The van der Waals surface area contributed by atoms with Crippen LogP contribution in [-0.2, 0) is 4.74 Å². The molecule has 4 heteroatoms. The Morgan fingerprint density at radius 1 is 1.47 bits per heavy atom. The molecule has 1 atom stereocenters. The van der Waals surface area contributed by atoms with E-state index in [0.717, 1.165) is 0 Å². The third-order valence-corrected chi connectivity index (χ3v) is 2.71. The fourth-order valence-electron chi connectivity index (χ4n) is 1.65. The van der Waals surface area contributed by atoms with Gasteiger partial charge in [0, 0.05) is 12.8 Å². The van der Waals surface area contributed by atoms with Crippen molar-refractivity contribution in [2.45, 2.75) is 31.9 Å². The molecule has 0 aliphatic heterocycles. The molecule has 0 amide bonds. The number of nitrogens with one attached hydrogen (secondary N) is 1. The summed E-state index contributed by atoms with van der Waals surface area (Å²) in [5, 5.41) is 12.4. The maximum Gasteiger partial charge on any atom is 0.125 e. The Bertz CT molecular complexity index is 355. The van der Waals surface area contributed by atoms with Crippen LogP contribution >= 0.6 is 0 Å². The van der Waals surface area contributed by atoms with Crippen molar-refractivity contribution < 1.29 is 14.2 Å². The largest absolute Gasteiger partial charge is 0.394 e. The molecule has 0 heterocycles. The van der Waals surface area contributed by atoms with Crippen LogP contribution in [0.3, 0.4) is 0 Å². The fraction of sp³-hybridized carbons (Fsp3) is 0.538. The van der Waals surface area contributed by atoms with E-state index in [2.05, 4.69) is 5.32 Å². The molecular formula is C13H20FNO2. The molecule has 0 fully saturated rings. The summed E-state index contributed by atoms with van der Waals surface area (Å²) < 4.78 is 18.3. The van der Waals surface area contributed by atoms with E-state index < -0.39 is 0 Å². The molecule has 2 N–H and O–H groups in total. The highest BCUT2D eigenvalue weighted by atomic mass is 19.1. The van der Waals surface area contributed by atoms with Gasteiger partial charge in [-0.1, -0.05) is 6.07 Å². The second-order valence-corrected chi connectivity index (χ2v) is 4.70. The average Bonchev–Trinajstić information content (AvgIpc) is 2.28. The predicted molar refractivity (Wildman–Crippen MR) is 66.6 cm³/mol. The third-order valence-electron chi connectivity index (χ3n) is 2.71. The van der Waals surface area contributed by atoms with Crippen molar-refractivity contribution in [3.63, 3.8) is 0 Å². The van der Waals surface area contributed by atoms with E-state index in [-0.39, 0.29) is 24.1 Å². The SMILES string of the molecule is COC(C)(C)CC(CO)Nc1cccc(F)c1. The highest BCUT2D eigenvalue weighted by Gasteiger charge is 2.22. The molecule has 0 aliphatic rings. The van der Waals surface area contributed by atoms with Gasteiger partial charge in [0.05, 0.1) is 18.2 Å². The van der Waals surface area contributed by atoms with E-state index in [0.29, 0.717) is 12.1 Å². The van der Waals surface area contributed by atoms with Crippen LogP contribution in [0.25, 0.3) is 0 Å². The molecule has 1 unspecified atom stereocenters. The minimum Gasteiger partial charge on any atom is -0.394 e. The van der Waals surface area contributed by atoms with Gasteiger partial charge in [0.2, 0.25) is 0 Å². The number of hydrogen-bond acceptors (Lipinski definition) is 3. The standard InChI is InChI=1S/C13H20FNO2/c1-13(2,17-3)8-12(9-16)15-11-6-4-5-10(14)7-11/h4-7,12,15-16H,8-9H2,1-3H3. The summed E-state index contributed by atoms with van der Waals surface area (Å²) >= 11 is 0. The second-order valence-electron chi connectivity index (χ2n) is 4.70. The van der Waals surface area contributed by atoms with E-state index >= 15 is 0 Å². The molecule has 0 bridgehead atoms. The first-order chi connectivity index (χ1) is 7.96. The van der Waals surface area contributed by atoms with Gasteiger partial charge < -0.3 is 15.2 Å². The minimum absolute atomic E-state index is 0.0245. The number of rotatable bonds is 6. The fourth-order valence-corrected chi connectivity index (χ4v) is 1.65. The van der Waals surface area contributed by atoms with Crippen LogP contribution in [0.1, 0.15) is 20.3 Å². The Morgan fingerprint density at radius 2 is 2.18 bits per heavy atom. The number of ether oxygens (including phenoxy) is 1. The van der Waals surface area contributed by atoms with Crippen LogP contribution in [0.2, 0.25) is 0 Å². The van der Waals surface area contributed by atoms with Gasteiger partial charge in [0.15, 0.2) is 0 Å². The molecule has 0 radical (unpaired) electrons. The van der Waals surface area contributed by atoms with Crippen molar-refractivity contribution in [1.29, 1.82) is 0 Å². The smallest absolute Gasteiger partial charge is 0.125 e. The Morgan fingerprint density at radius 3 is 2.71 bits per heavy atom. The van der Waals surface area contributed by atoms with Gasteiger partial charge in [-0.15, -0.1) is 0 Å². The summed E-state index contributed by atoms with van der Waals surface area (Å²) in [5.74, 6) is -0.294. The van der Waals surface area contributed by atoms with Gasteiger partial charge in [-0.25, -0.2) is 4.39 Å². The van der Waals surface area contributed by atoms with Crippen molar-refractivity contribution >= 4 is 5.69 Å². The normalized spacial score (nSPS) is 13.5. The summed E-state index contributed by atoms with van der Waals surface area (Å²) in [4.78, 5) is 0.